The summed E-state index contributed by atoms with van der Waals surface area (Å²) in [6.45, 7) is 4.46. The van der Waals surface area contributed by atoms with E-state index in [4.69, 9.17) is 4.74 Å². The number of piperazine rings is 1. The third-order valence-corrected chi connectivity index (χ3v) is 5.20. The van der Waals surface area contributed by atoms with Crippen molar-refractivity contribution in [1.29, 1.82) is 0 Å². The molecule has 0 radical (unpaired) electrons. The average molecular weight is 331 g/mol. The minimum absolute atomic E-state index is 0.0406. The smallest absolute Gasteiger partial charge is 0.410 e. The summed E-state index contributed by atoms with van der Waals surface area (Å²) in [5, 5.41) is 0. The van der Waals surface area contributed by atoms with Gasteiger partial charge in [-0.1, -0.05) is 0 Å². The van der Waals surface area contributed by atoms with Crippen LogP contribution < -0.4 is 0 Å². The lowest BCUT2D eigenvalue weighted by atomic mass is 10.0. The second-order valence-corrected chi connectivity index (χ2v) is 6.53. The lowest BCUT2D eigenvalue weighted by molar-refractivity contribution is 0.0447. The van der Waals surface area contributed by atoms with Crippen LogP contribution in [0, 0.1) is 0 Å². The summed E-state index contributed by atoms with van der Waals surface area (Å²) in [7, 11) is 0. The molecule has 1 aromatic heterocycles. The Bertz CT molecular complexity index is 617. The van der Waals surface area contributed by atoms with Gasteiger partial charge in [0.2, 0.25) is 0 Å². The topological polar surface area (TPSA) is 78.9 Å². The van der Waals surface area contributed by atoms with Crippen LogP contribution >= 0.6 is 0 Å². The molecule has 4 rings (SSSR count). The first kappa shape index (κ1) is 15.3. The lowest BCUT2D eigenvalue weighted by Gasteiger charge is -2.43. The van der Waals surface area contributed by atoms with Crippen LogP contribution in [0.15, 0.2) is 18.6 Å². The van der Waals surface area contributed by atoms with Gasteiger partial charge in [0.1, 0.15) is 12.3 Å². The Kier molecular flexibility index (Phi) is 4.05. The SMILES string of the molecule is O=C(c1cnccn1)N1CCC(N2CCN3C(=O)OCC3C2)CC1. The molecular formula is C16H21N5O3. The van der Waals surface area contributed by atoms with E-state index in [2.05, 4.69) is 14.9 Å². The molecule has 0 bridgehead atoms. The quantitative estimate of drug-likeness (QED) is 0.771. The van der Waals surface area contributed by atoms with E-state index in [0.717, 1.165) is 45.6 Å². The van der Waals surface area contributed by atoms with Gasteiger partial charge in [-0.25, -0.2) is 9.78 Å². The molecule has 8 heteroatoms. The van der Waals surface area contributed by atoms with E-state index in [-0.39, 0.29) is 18.0 Å². The van der Waals surface area contributed by atoms with E-state index in [1.807, 2.05) is 9.80 Å². The summed E-state index contributed by atoms with van der Waals surface area (Å²) in [5.74, 6) is -0.0406. The van der Waals surface area contributed by atoms with Gasteiger partial charge in [0, 0.05) is 51.2 Å². The van der Waals surface area contributed by atoms with E-state index in [9.17, 15) is 9.59 Å². The first-order valence-electron chi connectivity index (χ1n) is 8.45. The van der Waals surface area contributed by atoms with Crippen molar-refractivity contribution < 1.29 is 14.3 Å². The molecule has 0 aromatic carbocycles. The maximum Gasteiger partial charge on any atom is 0.410 e. The highest BCUT2D eigenvalue weighted by Gasteiger charge is 2.39. The zero-order valence-electron chi connectivity index (χ0n) is 13.5. The van der Waals surface area contributed by atoms with E-state index in [0.29, 0.717) is 18.3 Å². The Hall–Kier alpha value is -2.22. The number of aromatic nitrogens is 2. The molecule has 3 fully saturated rings. The molecule has 1 aromatic rings. The van der Waals surface area contributed by atoms with Crippen molar-refractivity contribution in [2.75, 3.05) is 39.3 Å². The number of carbonyl (C=O) groups excluding carboxylic acids is 2. The highest BCUT2D eigenvalue weighted by Crippen LogP contribution is 2.24. The second-order valence-electron chi connectivity index (χ2n) is 6.53. The fourth-order valence-corrected chi connectivity index (χ4v) is 3.85. The third-order valence-electron chi connectivity index (χ3n) is 5.20. The van der Waals surface area contributed by atoms with Gasteiger partial charge in [-0.2, -0.15) is 0 Å². The van der Waals surface area contributed by atoms with Gasteiger partial charge in [-0.3, -0.25) is 19.6 Å². The molecule has 2 amide bonds. The summed E-state index contributed by atoms with van der Waals surface area (Å²) in [4.78, 5) is 38.2. The van der Waals surface area contributed by atoms with Crippen LogP contribution in [0.4, 0.5) is 4.79 Å². The predicted molar refractivity (Wildman–Crippen MR) is 84.4 cm³/mol. The number of ether oxygens (including phenoxy) is 1. The molecule has 0 spiro atoms. The standard InChI is InChI=1S/C16H21N5O3/c22-15(14-9-17-3-4-18-14)19-5-1-12(2-6-19)20-7-8-21-13(10-20)11-24-16(21)23/h3-4,9,12-13H,1-2,5-8,10-11H2. The van der Waals surface area contributed by atoms with Crippen molar-refractivity contribution >= 4 is 12.0 Å². The summed E-state index contributed by atoms with van der Waals surface area (Å²) in [6.07, 6.45) is 6.36. The van der Waals surface area contributed by atoms with Crippen LogP contribution in [-0.4, -0.2) is 88.1 Å². The summed E-state index contributed by atoms with van der Waals surface area (Å²) in [6, 6.07) is 0.652. The van der Waals surface area contributed by atoms with Crippen molar-refractivity contribution in [3.05, 3.63) is 24.3 Å². The number of hydrogen-bond donors (Lipinski definition) is 0. The Morgan fingerprint density at radius 1 is 1.12 bits per heavy atom. The molecule has 3 saturated heterocycles. The van der Waals surface area contributed by atoms with Crippen LogP contribution in [0.3, 0.4) is 0 Å². The number of nitrogens with zero attached hydrogens (tertiary/aromatic N) is 5. The molecule has 3 aliphatic rings. The van der Waals surface area contributed by atoms with Gasteiger partial charge in [-0.15, -0.1) is 0 Å². The lowest BCUT2D eigenvalue weighted by Crippen LogP contribution is -2.57. The first-order valence-corrected chi connectivity index (χ1v) is 8.45. The van der Waals surface area contributed by atoms with Crippen LogP contribution in [-0.2, 0) is 4.74 Å². The summed E-state index contributed by atoms with van der Waals surface area (Å²) in [5.41, 5.74) is 0.409. The van der Waals surface area contributed by atoms with Crippen LogP contribution in [0.5, 0.6) is 0 Å². The van der Waals surface area contributed by atoms with Gasteiger partial charge in [0.25, 0.3) is 5.91 Å². The number of piperidine rings is 1. The zero-order valence-corrected chi connectivity index (χ0v) is 13.5. The predicted octanol–water partition coefficient (Wildman–Crippen LogP) is 0.218. The normalized spacial score (nSPS) is 25.5. The van der Waals surface area contributed by atoms with Gasteiger partial charge < -0.3 is 9.64 Å². The number of likely N-dealkylation sites (tertiary alicyclic amines) is 1. The van der Waals surface area contributed by atoms with Crippen LogP contribution in [0.1, 0.15) is 23.3 Å². The van der Waals surface area contributed by atoms with Crippen molar-refractivity contribution in [3.63, 3.8) is 0 Å². The monoisotopic (exact) mass is 331 g/mol. The molecule has 24 heavy (non-hydrogen) atoms. The van der Waals surface area contributed by atoms with E-state index >= 15 is 0 Å². The fraction of sp³-hybridized carbons (Fsp3) is 0.625. The highest BCUT2D eigenvalue weighted by atomic mass is 16.6. The van der Waals surface area contributed by atoms with Crippen molar-refractivity contribution in [2.45, 2.75) is 24.9 Å². The molecule has 128 valence electrons. The molecule has 0 aliphatic carbocycles. The fourth-order valence-electron chi connectivity index (χ4n) is 3.85. The minimum Gasteiger partial charge on any atom is -0.447 e. The maximum atomic E-state index is 12.4. The Balaban J connectivity index is 1.32. The summed E-state index contributed by atoms with van der Waals surface area (Å²) >= 11 is 0. The molecule has 4 heterocycles. The molecular weight excluding hydrogens is 310 g/mol. The van der Waals surface area contributed by atoms with E-state index in [1.54, 1.807) is 12.4 Å². The van der Waals surface area contributed by atoms with E-state index < -0.39 is 0 Å². The highest BCUT2D eigenvalue weighted by molar-refractivity contribution is 5.92. The van der Waals surface area contributed by atoms with E-state index in [1.165, 1.54) is 6.20 Å². The first-order chi connectivity index (χ1) is 11.7. The molecule has 0 saturated carbocycles. The number of amides is 2. The second kappa shape index (κ2) is 6.35. The largest absolute Gasteiger partial charge is 0.447 e. The Morgan fingerprint density at radius 2 is 1.96 bits per heavy atom. The van der Waals surface area contributed by atoms with Crippen LogP contribution in [0.2, 0.25) is 0 Å². The van der Waals surface area contributed by atoms with Gasteiger partial charge in [0.05, 0.1) is 12.2 Å². The zero-order chi connectivity index (χ0) is 16.5. The van der Waals surface area contributed by atoms with Gasteiger partial charge in [-0.05, 0) is 12.8 Å². The van der Waals surface area contributed by atoms with Gasteiger partial charge >= 0.3 is 6.09 Å². The molecule has 1 atom stereocenters. The molecule has 3 aliphatic heterocycles. The number of fused-ring (bicyclic) bond motifs is 1. The third kappa shape index (κ3) is 2.82. The minimum atomic E-state index is -0.177. The van der Waals surface area contributed by atoms with Crippen LogP contribution in [0.25, 0.3) is 0 Å². The van der Waals surface area contributed by atoms with Crippen molar-refractivity contribution in [1.82, 2.24) is 24.7 Å². The molecule has 1 unspecified atom stereocenters. The molecule has 0 N–H and O–H groups in total. The van der Waals surface area contributed by atoms with Gasteiger partial charge in [0.15, 0.2) is 0 Å². The Labute approximate surface area is 140 Å². The number of cyclic esters (lactones) is 1. The average Bonchev–Trinajstić information content (AvgIpc) is 3.02. The Morgan fingerprint density at radius 3 is 2.71 bits per heavy atom. The number of carbonyl (C=O) groups is 2. The summed E-state index contributed by atoms with van der Waals surface area (Å²) < 4.78 is 5.13. The number of hydrogen-bond acceptors (Lipinski definition) is 6. The van der Waals surface area contributed by atoms with Crippen molar-refractivity contribution in [3.8, 4) is 0 Å². The molecule has 8 nitrogen and oxygen atoms in total. The van der Waals surface area contributed by atoms with Crippen molar-refractivity contribution in [2.24, 2.45) is 0 Å². The maximum absolute atomic E-state index is 12.4. The number of rotatable bonds is 2.